The van der Waals surface area contributed by atoms with Gasteiger partial charge >= 0.3 is 11.8 Å². The van der Waals surface area contributed by atoms with Gasteiger partial charge in [0.2, 0.25) is 0 Å². The van der Waals surface area contributed by atoms with Gasteiger partial charge in [0.05, 0.1) is 11.4 Å². The number of aromatic nitrogens is 2. The SMILES string of the molecule is C=C1C[C@@H]1n1c(=O)c2c(C)c(CNNC(=O)OC(C)(C)C)sc2n(CC2CC2(F)F)c1=O. The van der Waals surface area contributed by atoms with E-state index in [1.807, 2.05) is 0 Å². The lowest BCUT2D eigenvalue weighted by atomic mass is 10.2. The van der Waals surface area contributed by atoms with Crippen molar-refractivity contribution in [1.82, 2.24) is 20.0 Å². The number of rotatable bonds is 6. The van der Waals surface area contributed by atoms with Crippen molar-refractivity contribution in [3.05, 3.63) is 43.4 Å². The molecule has 2 atom stereocenters. The van der Waals surface area contributed by atoms with Gasteiger partial charge in [-0.05, 0) is 39.7 Å². The molecule has 2 aromatic heterocycles. The molecule has 2 aliphatic rings. The highest BCUT2D eigenvalue weighted by Crippen LogP contribution is 2.49. The molecule has 2 N–H and O–H groups in total. The summed E-state index contributed by atoms with van der Waals surface area (Å²) in [5.74, 6) is -3.71. The minimum absolute atomic E-state index is 0.148. The first-order valence-electron chi connectivity index (χ1n) is 10.3. The van der Waals surface area contributed by atoms with Crippen molar-refractivity contribution in [3.8, 4) is 0 Å². The molecule has 2 heterocycles. The van der Waals surface area contributed by atoms with Crippen molar-refractivity contribution in [3.63, 3.8) is 0 Å². The Bertz CT molecular complexity index is 1240. The number of hydrogen-bond acceptors (Lipinski definition) is 6. The second-order valence-electron chi connectivity index (χ2n) is 9.42. The standard InChI is InChI=1S/C21H26F2N4O4S/c1-10-6-13(10)27-16(28)15-11(2)14(8-24-25-18(29)31-20(3,4)5)32-17(15)26(19(27)30)9-12-7-21(12,22)23/h12-13,24H,1,6-9H2,2-5H3,(H,25,29)/t12?,13-/m0/s1. The summed E-state index contributed by atoms with van der Waals surface area (Å²) >= 11 is 1.18. The molecule has 8 nitrogen and oxygen atoms in total. The Labute approximate surface area is 186 Å². The maximum absolute atomic E-state index is 13.6. The molecule has 0 aromatic carbocycles. The highest BCUT2D eigenvalue weighted by molar-refractivity contribution is 7.18. The van der Waals surface area contributed by atoms with Crippen LogP contribution in [0.4, 0.5) is 13.6 Å². The lowest BCUT2D eigenvalue weighted by Crippen LogP contribution is -2.40. The highest BCUT2D eigenvalue weighted by atomic mass is 32.1. The van der Waals surface area contributed by atoms with Gasteiger partial charge in [0.15, 0.2) is 0 Å². The molecule has 174 valence electrons. The third-order valence-electron chi connectivity index (χ3n) is 5.62. The molecule has 0 bridgehead atoms. The molecule has 2 aromatic rings. The topological polar surface area (TPSA) is 94.4 Å². The molecule has 0 spiro atoms. The van der Waals surface area contributed by atoms with Gasteiger partial charge in [0.25, 0.3) is 11.5 Å². The maximum Gasteiger partial charge on any atom is 0.422 e. The van der Waals surface area contributed by atoms with E-state index in [-0.39, 0.29) is 25.6 Å². The number of halogens is 2. The maximum atomic E-state index is 13.6. The molecule has 2 saturated carbocycles. The normalized spacial score (nSPS) is 21.6. The first-order valence-corrected chi connectivity index (χ1v) is 11.2. The largest absolute Gasteiger partial charge is 0.443 e. The van der Waals surface area contributed by atoms with Crippen LogP contribution >= 0.6 is 11.3 Å². The van der Waals surface area contributed by atoms with E-state index in [9.17, 15) is 23.2 Å². The van der Waals surface area contributed by atoms with Crippen molar-refractivity contribution in [2.75, 3.05) is 0 Å². The van der Waals surface area contributed by atoms with Gasteiger partial charge in [-0.3, -0.25) is 19.4 Å². The van der Waals surface area contributed by atoms with Crippen LogP contribution in [0.3, 0.4) is 0 Å². The molecule has 0 radical (unpaired) electrons. The first-order chi connectivity index (χ1) is 14.8. The summed E-state index contributed by atoms with van der Waals surface area (Å²) in [5, 5.41) is 0.340. The van der Waals surface area contributed by atoms with E-state index in [1.54, 1.807) is 27.7 Å². The van der Waals surface area contributed by atoms with Crippen LogP contribution in [0.1, 0.15) is 50.1 Å². The van der Waals surface area contributed by atoms with Gasteiger partial charge in [-0.2, -0.15) is 0 Å². The summed E-state index contributed by atoms with van der Waals surface area (Å²) in [6.07, 6.45) is -0.398. The van der Waals surface area contributed by atoms with Gasteiger partial charge in [0.1, 0.15) is 10.4 Å². The summed E-state index contributed by atoms with van der Waals surface area (Å²) in [5.41, 5.74) is 4.93. The smallest absolute Gasteiger partial charge is 0.422 e. The molecule has 1 amide bonds. The number of carbonyl (C=O) groups is 1. The molecule has 2 aliphatic carbocycles. The van der Waals surface area contributed by atoms with E-state index in [2.05, 4.69) is 17.4 Å². The van der Waals surface area contributed by atoms with Crippen LogP contribution in [0.5, 0.6) is 0 Å². The number of fused-ring (bicyclic) bond motifs is 1. The van der Waals surface area contributed by atoms with E-state index >= 15 is 0 Å². The number of carbonyl (C=O) groups excluding carboxylic acids is 1. The van der Waals surface area contributed by atoms with Gasteiger partial charge in [0, 0.05) is 30.3 Å². The van der Waals surface area contributed by atoms with Crippen LogP contribution in [-0.2, 0) is 17.8 Å². The summed E-state index contributed by atoms with van der Waals surface area (Å²) in [6, 6.07) is -0.389. The Kier molecular flexibility index (Phi) is 5.32. The average molecular weight is 469 g/mol. The summed E-state index contributed by atoms with van der Waals surface area (Å²) in [7, 11) is 0. The second-order valence-corrected chi connectivity index (χ2v) is 10.5. The molecule has 0 saturated heterocycles. The Morgan fingerprint density at radius 2 is 1.97 bits per heavy atom. The Hall–Kier alpha value is -2.53. The Balaban J connectivity index is 1.68. The lowest BCUT2D eigenvalue weighted by molar-refractivity contribution is 0.0497. The van der Waals surface area contributed by atoms with E-state index in [4.69, 9.17) is 4.74 Å². The first kappa shape index (κ1) is 22.7. The number of hydrogen-bond donors (Lipinski definition) is 2. The summed E-state index contributed by atoms with van der Waals surface area (Å²) in [4.78, 5) is 39.2. The van der Waals surface area contributed by atoms with E-state index in [0.29, 0.717) is 27.1 Å². The van der Waals surface area contributed by atoms with Crippen LogP contribution in [0.15, 0.2) is 21.7 Å². The quantitative estimate of drug-likeness (QED) is 0.502. The zero-order valence-corrected chi connectivity index (χ0v) is 19.2. The Morgan fingerprint density at radius 3 is 2.50 bits per heavy atom. The number of alkyl halides is 2. The van der Waals surface area contributed by atoms with Crippen molar-refractivity contribution < 1.29 is 18.3 Å². The fourth-order valence-electron chi connectivity index (χ4n) is 3.67. The van der Waals surface area contributed by atoms with Crippen molar-refractivity contribution in [2.24, 2.45) is 5.92 Å². The summed E-state index contributed by atoms with van der Waals surface area (Å²) < 4.78 is 34.8. The van der Waals surface area contributed by atoms with Crippen molar-refractivity contribution in [1.29, 1.82) is 0 Å². The number of nitrogens with one attached hydrogen (secondary N) is 2. The van der Waals surface area contributed by atoms with Crippen molar-refractivity contribution in [2.45, 2.75) is 71.2 Å². The van der Waals surface area contributed by atoms with Crippen LogP contribution in [0.25, 0.3) is 10.2 Å². The van der Waals surface area contributed by atoms with Crippen LogP contribution in [-0.4, -0.2) is 26.8 Å². The van der Waals surface area contributed by atoms with Crippen molar-refractivity contribution >= 4 is 27.6 Å². The predicted octanol–water partition coefficient (Wildman–Crippen LogP) is 3.22. The third kappa shape index (κ3) is 4.23. The minimum Gasteiger partial charge on any atom is -0.443 e. The second kappa shape index (κ2) is 7.51. The number of allylic oxidation sites excluding steroid dienone is 1. The van der Waals surface area contributed by atoms with Gasteiger partial charge in [-0.15, -0.1) is 11.3 Å². The van der Waals surface area contributed by atoms with E-state index < -0.39 is 34.8 Å². The number of amides is 1. The number of aryl methyl sites for hydroxylation is 1. The molecular weight excluding hydrogens is 442 g/mol. The molecule has 1 unspecified atom stereocenters. The molecule has 2 fully saturated rings. The van der Waals surface area contributed by atoms with Crippen LogP contribution < -0.4 is 22.1 Å². The zero-order chi connectivity index (χ0) is 23.6. The molecule has 11 heteroatoms. The van der Waals surface area contributed by atoms with E-state index in [0.717, 1.165) is 10.1 Å². The predicted molar refractivity (Wildman–Crippen MR) is 117 cm³/mol. The molecule has 0 aliphatic heterocycles. The highest BCUT2D eigenvalue weighted by Gasteiger charge is 2.57. The van der Waals surface area contributed by atoms with Crippen LogP contribution in [0.2, 0.25) is 0 Å². The fraction of sp³-hybridized carbons (Fsp3) is 0.571. The number of thiophene rings is 1. The minimum atomic E-state index is -2.79. The lowest BCUT2D eigenvalue weighted by Gasteiger charge is -2.19. The van der Waals surface area contributed by atoms with Gasteiger partial charge < -0.3 is 4.74 Å². The molecular formula is C21H26F2N4O4S. The average Bonchev–Trinajstić information content (AvgIpc) is 3.47. The third-order valence-corrected chi connectivity index (χ3v) is 6.93. The van der Waals surface area contributed by atoms with Crippen LogP contribution in [0, 0.1) is 12.8 Å². The number of nitrogens with zero attached hydrogens (tertiary/aromatic N) is 2. The molecule has 4 rings (SSSR count). The number of hydrazine groups is 1. The summed E-state index contributed by atoms with van der Waals surface area (Å²) in [6.45, 7) is 10.8. The monoisotopic (exact) mass is 468 g/mol. The van der Waals surface area contributed by atoms with Gasteiger partial charge in [-0.25, -0.2) is 23.8 Å². The molecule has 32 heavy (non-hydrogen) atoms. The fourth-order valence-corrected chi connectivity index (χ4v) is 4.90. The van der Waals surface area contributed by atoms with Gasteiger partial charge in [-0.1, -0.05) is 12.2 Å². The number of ether oxygens (including phenoxy) is 1. The zero-order valence-electron chi connectivity index (χ0n) is 18.4. The van der Waals surface area contributed by atoms with E-state index in [1.165, 1.54) is 15.9 Å². The Morgan fingerprint density at radius 1 is 1.34 bits per heavy atom.